The molecule has 0 radical (unpaired) electrons. The second-order valence-corrected chi connectivity index (χ2v) is 8.11. The Morgan fingerprint density at radius 3 is 2.70 bits per heavy atom. The van der Waals surface area contributed by atoms with Crippen molar-refractivity contribution in [1.82, 2.24) is 0 Å². The lowest BCUT2D eigenvalue weighted by Crippen LogP contribution is -2.17. The van der Waals surface area contributed by atoms with Crippen molar-refractivity contribution in [2.75, 3.05) is 18.1 Å². The van der Waals surface area contributed by atoms with Crippen LogP contribution >= 0.6 is 0 Å². The average molecular weight is 295 g/mol. The van der Waals surface area contributed by atoms with Gasteiger partial charge in [-0.3, -0.25) is 0 Å². The Hall–Kier alpha value is -1.03. The van der Waals surface area contributed by atoms with E-state index in [-0.39, 0.29) is 0 Å². The fraction of sp³-hybridized carbons (Fsp3) is 0.625. The van der Waals surface area contributed by atoms with E-state index >= 15 is 0 Å². The quantitative estimate of drug-likeness (QED) is 0.900. The van der Waals surface area contributed by atoms with Crippen LogP contribution in [0.3, 0.4) is 0 Å². The van der Waals surface area contributed by atoms with Crippen LogP contribution in [-0.4, -0.2) is 21.2 Å². The number of rotatable bonds is 5. The molecule has 0 spiro atoms. The molecule has 0 bridgehead atoms. The molecule has 20 heavy (non-hydrogen) atoms. The summed E-state index contributed by atoms with van der Waals surface area (Å²) < 4.78 is 23.4. The van der Waals surface area contributed by atoms with Gasteiger partial charge in [0.25, 0.3) is 0 Å². The zero-order valence-corrected chi connectivity index (χ0v) is 13.2. The highest BCUT2D eigenvalue weighted by Crippen LogP contribution is 2.30. The predicted octanol–water partition coefficient (Wildman–Crippen LogP) is 3.72. The zero-order chi connectivity index (χ0) is 14.6. The highest BCUT2D eigenvalue weighted by molar-refractivity contribution is 7.90. The van der Waals surface area contributed by atoms with Crippen LogP contribution in [0.15, 0.2) is 29.2 Å². The molecule has 2 unspecified atom stereocenters. The first kappa shape index (κ1) is 15.4. The fourth-order valence-electron chi connectivity index (χ4n) is 3.17. The summed E-state index contributed by atoms with van der Waals surface area (Å²) in [5.41, 5.74) is 0.735. The van der Waals surface area contributed by atoms with Crippen LogP contribution in [0, 0.1) is 11.8 Å². The summed E-state index contributed by atoms with van der Waals surface area (Å²) in [7, 11) is -3.16. The van der Waals surface area contributed by atoms with Crippen molar-refractivity contribution in [1.29, 1.82) is 0 Å². The normalized spacial score (nSPS) is 23.5. The Labute approximate surface area is 122 Å². The summed E-state index contributed by atoms with van der Waals surface area (Å²) in [5.74, 6) is 1.63. The first-order chi connectivity index (χ1) is 9.47. The minimum Gasteiger partial charge on any atom is -0.384 e. The summed E-state index contributed by atoms with van der Waals surface area (Å²) in [5, 5.41) is 3.30. The van der Waals surface area contributed by atoms with Crippen molar-refractivity contribution in [2.24, 2.45) is 11.8 Å². The molecular formula is C16H25NO2S. The van der Waals surface area contributed by atoms with Crippen molar-refractivity contribution in [3.8, 4) is 0 Å². The van der Waals surface area contributed by atoms with Gasteiger partial charge >= 0.3 is 0 Å². The maximum absolute atomic E-state index is 11.7. The van der Waals surface area contributed by atoms with Crippen molar-refractivity contribution < 1.29 is 8.42 Å². The average Bonchev–Trinajstić information content (AvgIpc) is 2.38. The van der Waals surface area contributed by atoms with E-state index in [1.165, 1.54) is 31.9 Å². The highest BCUT2D eigenvalue weighted by Gasteiger charge is 2.18. The minimum absolute atomic E-state index is 0.400. The minimum atomic E-state index is -3.16. The van der Waals surface area contributed by atoms with E-state index in [1.807, 2.05) is 12.1 Å². The molecule has 1 aromatic carbocycles. The molecule has 4 heteroatoms. The highest BCUT2D eigenvalue weighted by atomic mass is 32.2. The maximum Gasteiger partial charge on any atom is 0.177 e. The molecule has 0 heterocycles. The van der Waals surface area contributed by atoms with Crippen molar-refractivity contribution in [3.05, 3.63) is 24.3 Å². The number of hydrogen-bond acceptors (Lipinski definition) is 3. The van der Waals surface area contributed by atoms with E-state index in [4.69, 9.17) is 0 Å². The van der Waals surface area contributed by atoms with Gasteiger partial charge in [-0.15, -0.1) is 0 Å². The van der Waals surface area contributed by atoms with Crippen LogP contribution in [0.2, 0.25) is 0 Å². The van der Waals surface area contributed by atoms with Crippen molar-refractivity contribution in [2.45, 2.75) is 43.9 Å². The Morgan fingerprint density at radius 2 is 2.00 bits per heavy atom. The lowest BCUT2D eigenvalue weighted by atomic mass is 9.81. The molecule has 2 atom stereocenters. The lowest BCUT2D eigenvalue weighted by molar-refractivity contribution is 0.274. The second kappa shape index (κ2) is 6.61. The van der Waals surface area contributed by atoms with Crippen LogP contribution in [-0.2, 0) is 9.84 Å². The number of benzene rings is 1. The van der Waals surface area contributed by atoms with E-state index < -0.39 is 9.84 Å². The molecule has 0 aliphatic heterocycles. The summed E-state index contributed by atoms with van der Waals surface area (Å²) in [6, 6.07) is 7.16. The van der Waals surface area contributed by atoms with Crippen LogP contribution in [0.25, 0.3) is 0 Å². The van der Waals surface area contributed by atoms with Gasteiger partial charge in [0.15, 0.2) is 9.84 Å². The van der Waals surface area contributed by atoms with Crippen LogP contribution in [0.5, 0.6) is 0 Å². The second-order valence-electron chi connectivity index (χ2n) is 6.12. The molecule has 1 saturated carbocycles. The molecule has 0 amide bonds. The Balaban J connectivity index is 1.91. The van der Waals surface area contributed by atoms with Gasteiger partial charge < -0.3 is 5.32 Å². The van der Waals surface area contributed by atoms with Gasteiger partial charge in [-0.25, -0.2) is 8.42 Å². The van der Waals surface area contributed by atoms with Crippen molar-refractivity contribution >= 4 is 15.5 Å². The fourth-order valence-corrected chi connectivity index (χ4v) is 4.03. The van der Waals surface area contributed by atoms with Crippen LogP contribution in [0.4, 0.5) is 5.69 Å². The molecule has 2 rings (SSSR count). The summed E-state index contributed by atoms with van der Waals surface area (Å²) in [6.07, 6.45) is 7.72. The van der Waals surface area contributed by atoms with E-state index in [1.54, 1.807) is 12.1 Å². The van der Waals surface area contributed by atoms with Crippen LogP contribution < -0.4 is 5.32 Å². The predicted molar refractivity (Wildman–Crippen MR) is 83.8 cm³/mol. The molecular weight excluding hydrogens is 270 g/mol. The van der Waals surface area contributed by atoms with Crippen LogP contribution in [0.1, 0.15) is 39.0 Å². The Bertz CT molecular complexity index is 539. The number of para-hydroxylation sites is 1. The zero-order valence-electron chi connectivity index (χ0n) is 12.4. The third-order valence-corrected chi connectivity index (χ3v) is 5.35. The largest absolute Gasteiger partial charge is 0.384 e. The summed E-state index contributed by atoms with van der Waals surface area (Å²) in [6.45, 7) is 3.18. The van der Waals surface area contributed by atoms with Gasteiger partial charge in [-0.05, 0) is 36.8 Å². The summed E-state index contributed by atoms with van der Waals surface area (Å²) in [4.78, 5) is 0.400. The molecule has 0 aromatic heterocycles. The van der Waals surface area contributed by atoms with Gasteiger partial charge in [-0.2, -0.15) is 0 Å². The molecule has 1 fully saturated rings. The smallest absolute Gasteiger partial charge is 0.177 e. The van der Waals surface area contributed by atoms with Gasteiger partial charge in [0.1, 0.15) is 0 Å². The SMILES string of the molecule is CC1CCCC(CCNc2ccccc2S(C)(=O)=O)C1. The Morgan fingerprint density at radius 1 is 1.25 bits per heavy atom. The molecule has 1 aliphatic carbocycles. The Kier molecular flexibility index (Phi) is 5.08. The van der Waals surface area contributed by atoms with Gasteiger partial charge in [0.2, 0.25) is 0 Å². The van der Waals surface area contributed by atoms with Gasteiger partial charge in [-0.1, -0.05) is 38.3 Å². The summed E-state index contributed by atoms with van der Waals surface area (Å²) >= 11 is 0. The van der Waals surface area contributed by atoms with Gasteiger partial charge in [0.05, 0.1) is 10.6 Å². The van der Waals surface area contributed by atoms with E-state index in [0.29, 0.717) is 4.90 Å². The molecule has 0 saturated heterocycles. The number of nitrogens with one attached hydrogen (secondary N) is 1. The van der Waals surface area contributed by atoms with Gasteiger partial charge in [0, 0.05) is 12.8 Å². The molecule has 1 aromatic rings. The van der Waals surface area contributed by atoms with E-state index in [0.717, 1.165) is 30.5 Å². The third-order valence-electron chi connectivity index (χ3n) is 4.20. The van der Waals surface area contributed by atoms with E-state index in [9.17, 15) is 8.42 Å². The number of sulfone groups is 1. The third kappa shape index (κ3) is 4.23. The molecule has 112 valence electrons. The van der Waals surface area contributed by atoms with Crippen molar-refractivity contribution in [3.63, 3.8) is 0 Å². The molecule has 1 aliphatic rings. The standard InChI is InChI=1S/C16H25NO2S/c1-13-6-5-7-14(12-13)10-11-17-15-8-3-4-9-16(15)20(2,18)19/h3-4,8-9,13-14,17H,5-7,10-12H2,1-2H3. The molecule has 3 nitrogen and oxygen atoms in total. The monoisotopic (exact) mass is 295 g/mol. The first-order valence-electron chi connectivity index (χ1n) is 7.50. The van der Waals surface area contributed by atoms with E-state index in [2.05, 4.69) is 12.2 Å². The maximum atomic E-state index is 11.7. The number of hydrogen-bond donors (Lipinski definition) is 1. The topological polar surface area (TPSA) is 46.2 Å². The first-order valence-corrected chi connectivity index (χ1v) is 9.39. The molecule has 1 N–H and O–H groups in total. The number of anilines is 1. The lowest BCUT2D eigenvalue weighted by Gasteiger charge is -2.26.